The number of rotatable bonds is 13. The first kappa shape index (κ1) is 17.0. The second-order valence-corrected chi connectivity index (χ2v) is 5.86. The average molecular weight is 240 g/mol. The molecule has 0 fully saturated rings. The molecule has 0 spiro atoms. The Bertz CT molecular complexity index is 128. The highest BCUT2D eigenvalue weighted by Gasteiger charge is 1.99. The highest BCUT2D eigenvalue weighted by molar-refractivity contribution is 4.53. The first-order valence-corrected chi connectivity index (χ1v) is 8.31. The van der Waals surface area contributed by atoms with Crippen molar-refractivity contribution in [1.29, 1.82) is 0 Å². The first-order chi connectivity index (χ1) is 8.31. The van der Waals surface area contributed by atoms with E-state index in [0.717, 1.165) is 5.92 Å². The van der Waals surface area contributed by atoms with Crippen molar-refractivity contribution in [2.75, 3.05) is 0 Å². The van der Waals surface area contributed by atoms with E-state index in [4.69, 9.17) is 0 Å². The molecular weight excluding hydrogens is 204 g/mol. The Morgan fingerprint density at radius 1 is 0.529 bits per heavy atom. The van der Waals surface area contributed by atoms with Gasteiger partial charge >= 0.3 is 0 Å². The van der Waals surface area contributed by atoms with Gasteiger partial charge in [0.1, 0.15) is 0 Å². The maximum atomic E-state index is 2.41. The molecule has 0 aromatic rings. The summed E-state index contributed by atoms with van der Waals surface area (Å²) < 4.78 is 0. The quantitative estimate of drug-likeness (QED) is 0.313. The Kier molecular flexibility index (Phi) is 14.1. The molecule has 0 rings (SSSR count). The molecule has 0 aliphatic rings. The molecule has 1 atom stereocenters. The number of hydrogen-bond donors (Lipinski definition) is 0. The van der Waals surface area contributed by atoms with Gasteiger partial charge in [0.05, 0.1) is 0 Å². The van der Waals surface area contributed by atoms with E-state index in [1.165, 1.54) is 83.5 Å². The fourth-order valence-electron chi connectivity index (χ4n) is 2.62. The van der Waals surface area contributed by atoms with E-state index in [2.05, 4.69) is 20.8 Å². The highest BCUT2D eigenvalue weighted by atomic mass is 14.1. The molecule has 0 bridgehead atoms. The van der Waals surface area contributed by atoms with Crippen LogP contribution < -0.4 is 0 Å². The van der Waals surface area contributed by atoms with Crippen LogP contribution in [-0.2, 0) is 0 Å². The molecule has 17 heavy (non-hydrogen) atoms. The summed E-state index contributed by atoms with van der Waals surface area (Å²) in [6, 6.07) is 0. The van der Waals surface area contributed by atoms with Crippen molar-refractivity contribution >= 4 is 0 Å². The third-order valence-corrected chi connectivity index (χ3v) is 3.83. The SMILES string of the molecule is CCCCCCCCCCCC[C@H](C)CCC. The average Bonchev–Trinajstić information content (AvgIpc) is 2.32. The van der Waals surface area contributed by atoms with Gasteiger partial charge in [0.25, 0.3) is 0 Å². The Morgan fingerprint density at radius 2 is 1.00 bits per heavy atom. The van der Waals surface area contributed by atoms with E-state index in [0.29, 0.717) is 0 Å². The molecule has 104 valence electrons. The third-order valence-electron chi connectivity index (χ3n) is 3.83. The van der Waals surface area contributed by atoms with Gasteiger partial charge in [0.2, 0.25) is 0 Å². The Hall–Kier alpha value is 0. The molecule has 0 nitrogen and oxygen atoms in total. The van der Waals surface area contributed by atoms with Crippen molar-refractivity contribution < 1.29 is 0 Å². The minimum atomic E-state index is 0.967. The van der Waals surface area contributed by atoms with Crippen LogP contribution in [0.3, 0.4) is 0 Å². The van der Waals surface area contributed by atoms with Gasteiger partial charge in [0, 0.05) is 0 Å². The molecule has 0 heteroatoms. The summed E-state index contributed by atoms with van der Waals surface area (Å²) in [4.78, 5) is 0. The molecule has 0 amide bonds. The van der Waals surface area contributed by atoms with Crippen molar-refractivity contribution in [2.24, 2.45) is 5.92 Å². The normalized spacial score (nSPS) is 12.9. The Labute approximate surface area is 111 Å². The summed E-state index contributed by atoms with van der Waals surface area (Å²) in [5.41, 5.74) is 0. The van der Waals surface area contributed by atoms with Crippen LogP contribution in [-0.4, -0.2) is 0 Å². The second-order valence-electron chi connectivity index (χ2n) is 5.86. The summed E-state index contributed by atoms with van der Waals surface area (Å²) in [5, 5.41) is 0. The van der Waals surface area contributed by atoms with E-state index in [1.807, 2.05) is 0 Å². The molecule has 0 saturated carbocycles. The molecule has 0 aliphatic carbocycles. The summed E-state index contributed by atoms with van der Waals surface area (Å²) in [6.07, 6.45) is 18.9. The molecule has 0 N–H and O–H groups in total. The lowest BCUT2D eigenvalue weighted by molar-refractivity contribution is 0.450. The Balaban J connectivity index is 2.98. The van der Waals surface area contributed by atoms with Gasteiger partial charge in [-0.1, -0.05) is 104 Å². The van der Waals surface area contributed by atoms with E-state index in [1.54, 1.807) is 0 Å². The van der Waals surface area contributed by atoms with E-state index in [9.17, 15) is 0 Å². The fourth-order valence-corrected chi connectivity index (χ4v) is 2.62. The van der Waals surface area contributed by atoms with E-state index < -0.39 is 0 Å². The molecule has 0 radical (unpaired) electrons. The van der Waals surface area contributed by atoms with Crippen molar-refractivity contribution in [3.05, 3.63) is 0 Å². The predicted octanol–water partition coefficient (Wildman–Crippen LogP) is 6.73. The van der Waals surface area contributed by atoms with Crippen LogP contribution in [0.25, 0.3) is 0 Å². The van der Waals surface area contributed by atoms with Crippen LogP contribution in [0.15, 0.2) is 0 Å². The standard InChI is InChI=1S/C17H36/c1-4-6-7-8-9-10-11-12-13-14-16-17(3)15-5-2/h17H,4-16H2,1-3H3/t17-/m1/s1. The molecular formula is C17H36. The zero-order valence-electron chi connectivity index (χ0n) is 12.8. The maximum Gasteiger partial charge on any atom is -0.0443 e. The van der Waals surface area contributed by atoms with E-state index in [-0.39, 0.29) is 0 Å². The minimum Gasteiger partial charge on any atom is -0.0654 e. The van der Waals surface area contributed by atoms with Gasteiger partial charge in [-0.25, -0.2) is 0 Å². The largest absolute Gasteiger partial charge is 0.0654 e. The summed E-state index contributed by atoms with van der Waals surface area (Å²) in [5.74, 6) is 0.967. The highest BCUT2D eigenvalue weighted by Crippen LogP contribution is 2.16. The van der Waals surface area contributed by atoms with Crippen molar-refractivity contribution in [3.63, 3.8) is 0 Å². The molecule has 0 saturated heterocycles. The zero-order chi connectivity index (χ0) is 12.8. The second kappa shape index (κ2) is 14.1. The smallest absolute Gasteiger partial charge is 0.0443 e. The topological polar surface area (TPSA) is 0 Å². The van der Waals surface area contributed by atoms with Crippen LogP contribution >= 0.6 is 0 Å². The van der Waals surface area contributed by atoms with Gasteiger partial charge in [-0.15, -0.1) is 0 Å². The van der Waals surface area contributed by atoms with Gasteiger partial charge in [-0.3, -0.25) is 0 Å². The monoisotopic (exact) mass is 240 g/mol. The van der Waals surface area contributed by atoms with Crippen LogP contribution in [0.5, 0.6) is 0 Å². The van der Waals surface area contributed by atoms with Gasteiger partial charge in [0.15, 0.2) is 0 Å². The van der Waals surface area contributed by atoms with Gasteiger partial charge in [-0.05, 0) is 5.92 Å². The summed E-state index contributed by atoms with van der Waals surface area (Å²) in [6.45, 7) is 7.01. The molecule has 0 unspecified atom stereocenters. The van der Waals surface area contributed by atoms with E-state index >= 15 is 0 Å². The van der Waals surface area contributed by atoms with Crippen LogP contribution in [0, 0.1) is 5.92 Å². The lowest BCUT2D eigenvalue weighted by atomic mass is 9.98. The molecule has 0 heterocycles. The van der Waals surface area contributed by atoms with Crippen LogP contribution in [0.4, 0.5) is 0 Å². The minimum absolute atomic E-state index is 0.967. The van der Waals surface area contributed by atoms with Crippen molar-refractivity contribution in [1.82, 2.24) is 0 Å². The van der Waals surface area contributed by atoms with Crippen LogP contribution in [0.2, 0.25) is 0 Å². The Morgan fingerprint density at radius 3 is 1.47 bits per heavy atom. The lowest BCUT2D eigenvalue weighted by Crippen LogP contribution is -1.93. The zero-order valence-corrected chi connectivity index (χ0v) is 12.8. The molecule has 0 aromatic carbocycles. The molecule has 0 aliphatic heterocycles. The van der Waals surface area contributed by atoms with Gasteiger partial charge in [-0.2, -0.15) is 0 Å². The summed E-state index contributed by atoms with van der Waals surface area (Å²) in [7, 11) is 0. The van der Waals surface area contributed by atoms with Crippen LogP contribution in [0.1, 0.15) is 104 Å². The lowest BCUT2D eigenvalue weighted by Gasteiger charge is -2.09. The van der Waals surface area contributed by atoms with Crippen molar-refractivity contribution in [2.45, 2.75) is 104 Å². The maximum absolute atomic E-state index is 2.41. The predicted molar refractivity (Wildman–Crippen MR) is 80.5 cm³/mol. The third kappa shape index (κ3) is 13.9. The number of unbranched alkanes of at least 4 members (excludes halogenated alkanes) is 9. The van der Waals surface area contributed by atoms with Gasteiger partial charge < -0.3 is 0 Å². The fraction of sp³-hybridized carbons (Fsp3) is 1.00. The molecule has 0 aromatic heterocycles. The van der Waals surface area contributed by atoms with Crippen molar-refractivity contribution in [3.8, 4) is 0 Å². The first-order valence-electron chi connectivity index (χ1n) is 8.31. The number of hydrogen-bond acceptors (Lipinski definition) is 0. The summed E-state index contributed by atoms with van der Waals surface area (Å²) >= 11 is 0.